The number of piperazine rings is 1. The first kappa shape index (κ1) is 21.9. The van der Waals surface area contributed by atoms with E-state index in [2.05, 4.69) is 10.3 Å². The van der Waals surface area contributed by atoms with Gasteiger partial charge < -0.3 is 25.0 Å². The van der Waals surface area contributed by atoms with Crippen LogP contribution in [0.15, 0.2) is 24.3 Å². The molecule has 4 rings (SSSR count). The van der Waals surface area contributed by atoms with Gasteiger partial charge in [-0.2, -0.15) is 0 Å². The minimum atomic E-state index is -1.05. The molecule has 0 bridgehead atoms. The summed E-state index contributed by atoms with van der Waals surface area (Å²) in [6.45, 7) is 4.13. The molecule has 2 amide bonds. The first-order valence-electron chi connectivity index (χ1n) is 11.1. The number of amides is 2. The van der Waals surface area contributed by atoms with Gasteiger partial charge in [0.05, 0.1) is 17.7 Å². The van der Waals surface area contributed by atoms with Gasteiger partial charge in [0, 0.05) is 43.2 Å². The molecule has 1 aromatic heterocycles. The Hall–Kier alpha value is -3.36. The Labute approximate surface area is 186 Å². The quantitative estimate of drug-likeness (QED) is 0.733. The van der Waals surface area contributed by atoms with E-state index in [9.17, 15) is 19.5 Å². The van der Waals surface area contributed by atoms with E-state index in [4.69, 9.17) is 4.74 Å². The number of aromatic nitrogens is 1. The van der Waals surface area contributed by atoms with E-state index in [0.717, 1.165) is 25.7 Å². The Balaban J connectivity index is 1.55. The summed E-state index contributed by atoms with van der Waals surface area (Å²) < 4.78 is 5.05. The molecule has 0 atom stereocenters. The molecule has 2 fully saturated rings. The molecule has 32 heavy (non-hydrogen) atoms. The minimum Gasteiger partial charge on any atom is -0.478 e. The molecule has 9 heteroatoms. The molecule has 1 aliphatic carbocycles. The van der Waals surface area contributed by atoms with Gasteiger partial charge in [-0.15, -0.1) is 0 Å². The van der Waals surface area contributed by atoms with Crippen LogP contribution >= 0.6 is 0 Å². The topological polar surface area (TPSA) is 112 Å². The van der Waals surface area contributed by atoms with Gasteiger partial charge in [0.25, 0.3) is 0 Å². The average Bonchev–Trinajstić information content (AvgIpc) is 3.34. The van der Waals surface area contributed by atoms with Gasteiger partial charge >= 0.3 is 12.1 Å². The number of rotatable bonds is 5. The lowest BCUT2D eigenvalue weighted by molar-refractivity contribution is -0.119. The van der Waals surface area contributed by atoms with E-state index < -0.39 is 5.97 Å². The first-order valence-corrected chi connectivity index (χ1v) is 11.1. The van der Waals surface area contributed by atoms with Crippen molar-refractivity contribution >= 4 is 40.4 Å². The number of nitrogens with one attached hydrogen (secondary N) is 1. The highest BCUT2D eigenvalue weighted by Crippen LogP contribution is 2.29. The predicted molar refractivity (Wildman–Crippen MR) is 120 cm³/mol. The lowest BCUT2D eigenvalue weighted by Crippen LogP contribution is -2.49. The summed E-state index contributed by atoms with van der Waals surface area (Å²) in [6.07, 6.45) is 3.60. The molecular weight excluding hydrogens is 412 g/mol. The fourth-order valence-corrected chi connectivity index (χ4v) is 4.39. The fourth-order valence-electron chi connectivity index (χ4n) is 4.39. The number of carboxylic acid groups (broad SMARTS) is 1. The maximum atomic E-state index is 12.5. The Bertz CT molecular complexity index is 1030. The number of anilines is 2. The Morgan fingerprint density at radius 3 is 2.50 bits per heavy atom. The van der Waals surface area contributed by atoms with E-state index in [1.54, 1.807) is 36.1 Å². The van der Waals surface area contributed by atoms with Crippen molar-refractivity contribution < 1.29 is 24.2 Å². The van der Waals surface area contributed by atoms with Crippen molar-refractivity contribution in [3.05, 3.63) is 29.8 Å². The number of carbonyl (C=O) groups is 3. The van der Waals surface area contributed by atoms with Crippen LogP contribution in [0.25, 0.3) is 10.9 Å². The smallest absolute Gasteiger partial charge is 0.409 e. The number of hydrogen-bond acceptors (Lipinski definition) is 6. The molecule has 1 saturated carbocycles. The van der Waals surface area contributed by atoms with Crippen LogP contribution < -0.4 is 10.2 Å². The summed E-state index contributed by atoms with van der Waals surface area (Å²) in [7, 11) is 0. The zero-order valence-electron chi connectivity index (χ0n) is 18.2. The summed E-state index contributed by atoms with van der Waals surface area (Å²) in [5.74, 6) is -0.481. The monoisotopic (exact) mass is 440 g/mol. The molecule has 2 heterocycles. The van der Waals surface area contributed by atoms with Gasteiger partial charge in [0.15, 0.2) is 0 Å². The Morgan fingerprint density at radius 2 is 1.84 bits per heavy atom. The number of aromatic carboxylic acids is 1. The number of carbonyl (C=O) groups excluding carboxylic acids is 2. The fraction of sp³-hybridized carbons (Fsp3) is 0.478. The highest BCUT2D eigenvalue weighted by Gasteiger charge is 2.25. The molecule has 0 radical (unpaired) electrons. The summed E-state index contributed by atoms with van der Waals surface area (Å²) in [5.41, 5.74) is 1.26. The minimum absolute atomic E-state index is 0.0113. The van der Waals surface area contributed by atoms with Crippen LogP contribution in [-0.2, 0) is 9.53 Å². The standard InChI is InChI=1S/C23H28N4O5/c1-2-32-23(31)27-11-9-26(10-12-27)20-14-18(22(29)30)17-13-16(7-8-19(17)25-20)24-21(28)15-5-3-4-6-15/h7-8,13-15H,2-6,9-12H2,1H3,(H,24,28)(H,29,30). The third kappa shape index (κ3) is 4.61. The van der Waals surface area contributed by atoms with Gasteiger partial charge in [0.2, 0.25) is 5.91 Å². The summed E-state index contributed by atoms with van der Waals surface area (Å²) >= 11 is 0. The van der Waals surface area contributed by atoms with Crippen LogP contribution in [0, 0.1) is 5.92 Å². The number of hydrogen-bond donors (Lipinski definition) is 2. The summed E-state index contributed by atoms with van der Waals surface area (Å²) in [5, 5.41) is 13.2. The molecule has 2 aromatic rings. The van der Waals surface area contributed by atoms with Gasteiger partial charge in [-0.05, 0) is 44.0 Å². The lowest BCUT2D eigenvalue weighted by atomic mass is 10.1. The molecule has 0 spiro atoms. The van der Waals surface area contributed by atoms with Gasteiger partial charge in [0.1, 0.15) is 5.82 Å². The zero-order chi connectivity index (χ0) is 22.7. The molecule has 1 aliphatic heterocycles. The van der Waals surface area contributed by atoms with E-state index in [-0.39, 0.29) is 23.5 Å². The van der Waals surface area contributed by atoms with Crippen molar-refractivity contribution in [3.63, 3.8) is 0 Å². The van der Waals surface area contributed by atoms with Gasteiger partial charge in [-0.1, -0.05) is 12.8 Å². The van der Waals surface area contributed by atoms with E-state index >= 15 is 0 Å². The Kier molecular flexibility index (Phi) is 6.43. The number of nitrogens with zero attached hydrogens (tertiary/aromatic N) is 3. The second kappa shape index (κ2) is 9.42. The largest absolute Gasteiger partial charge is 0.478 e. The zero-order valence-corrected chi connectivity index (χ0v) is 18.2. The van der Waals surface area contributed by atoms with Crippen LogP contribution in [0.2, 0.25) is 0 Å². The van der Waals surface area contributed by atoms with E-state index in [1.807, 2.05) is 4.90 Å². The van der Waals surface area contributed by atoms with Crippen molar-refractivity contribution in [2.45, 2.75) is 32.6 Å². The summed E-state index contributed by atoms with van der Waals surface area (Å²) in [6, 6.07) is 6.75. The number of benzene rings is 1. The second-order valence-corrected chi connectivity index (χ2v) is 8.21. The molecule has 170 valence electrons. The third-order valence-electron chi connectivity index (χ3n) is 6.15. The van der Waals surface area contributed by atoms with Crippen LogP contribution in [0.5, 0.6) is 0 Å². The molecule has 1 saturated heterocycles. The van der Waals surface area contributed by atoms with Crippen molar-refractivity contribution in [1.29, 1.82) is 0 Å². The predicted octanol–water partition coefficient (Wildman–Crippen LogP) is 3.34. The lowest BCUT2D eigenvalue weighted by Gasteiger charge is -2.35. The maximum absolute atomic E-state index is 12.5. The highest BCUT2D eigenvalue weighted by atomic mass is 16.6. The molecule has 2 N–H and O–H groups in total. The first-order chi connectivity index (χ1) is 15.5. The second-order valence-electron chi connectivity index (χ2n) is 8.21. The molecule has 2 aliphatic rings. The molecule has 1 aromatic carbocycles. The van der Waals surface area contributed by atoms with Crippen LogP contribution in [0.1, 0.15) is 43.0 Å². The average molecular weight is 441 g/mol. The van der Waals surface area contributed by atoms with Crippen LogP contribution in [0.4, 0.5) is 16.3 Å². The van der Waals surface area contributed by atoms with Crippen molar-refractivity contribution in [2.75, 3.05) is 43.0 Å². The number of carboxylic acids is 1. The SMILES string of the molecule is CCOC(=O)N1CCN(c2cc(C(=O)O)c3cc(NC(=O)C4CCCC4)ccc3n2)CC1. The van der Waals surface area contributed by atoms with Crippen LogP contribution in [-0.4, -0.2) is 65.7 Å². The van der Waals surface area contributed by atoms with Gasteiger partial charge in [-0.25, -0.2) is 14.6 Å². The number of fused-ring (bicyclic) bond motifs is 1. The Morgan fingerprint density at radius 1 is 1.12 bits per heavy atom. The van der Waals surface area contributed by atoms with E-state index in [0.29, 0.717) is 55.2 Å². The summed E-state index contributed by atoms with van der Waals surface area (Å²) in [4.78, 5) is 44.6. The molecule has 0 unspecified atom stereocenters. The number of ether oxygens (including phenoxy) is 1. The normalized spacial score (nSPS) is 16.9. The number of pyridine rings is 1. The van der Waals surface area contributed by atoms with Crippen molar-refractivity contribution in [2.24, 2.45) is 5.92 Å². The van der Waals surface area contributed by atoms with E-state index in [1.165, 1.54) is 0 Å². The van der Waals surface area contributed by atoms with Gasteiger partial charge in [-0.3, -0.25) is 4.79 Å². The van der Waals surface area contributed by atoms with Crippen molar-refractivity contribution in [1.82, 2.24) is 9.88 Å². The van der Waals surface area contributed by atoms with Crippen LogP contribution in [0.3, 0.4) is 0 Å². The highest BCUT2D eigenvalue weighted by molar-refractivity contribution is 6.05. The van der Waals surface area contributed by atoms with Crippen molar-refractivity contribution in [3.8, 4) is 0 Å². The molecular formula is C23H28N4O5. The molecule has 9 nitrogen and oxygen atoms in total. The maximum Gasteiger partial charge on any atom is 0.409 e. The third-order valence-corrected chi connectivity index (χ3v) is 6.15.